The minimum atomic E-state index is -0.178. The number of hydrogen-bond donors (Lipinski definition) is 1. The summed E-state index contributed by atoms with van der Waals surface area (Å²) >= 11 is 1.01. The van der Waals surface area contributed by atoms with Gasteiger partial charge in [0.1, 0.15) is 11.5 Å². The van der Waals surface area contributed by atoms with Crippen LogP contribution in [0.4, 0.5) is 0 Å². The summed E-state index contributed by atoms with van der Waals surface area (Å²) in [5.41, 5.74) is 0. The van der Waals surface area contributed by atoms with Crippen LogP contribution >= 0.6 is 11.8 Å². The van der Waals surface area contributed by atoms with E-state index in [-0.39, 0.29) is 23.1 Å². The molecular formula is C10H10O3S. The number of thioether (sulfide) groups is 1. The largest absolute Gasteiger partial charge is 0.508 e. The fourth-order valence-electron chi connectivity index (χ4n) is 0.885. The van der Waals surface area contributed by atoms with Crippen LogP contribution in [0.15, 0.2) is 29.2 Å². The fourth-order valence-corrected chi connectivity index (χ4v) is 1.70. The van der Waals surface area contributed by atoms with Gasteiger partial charge in [0.25, 0.3) is 0 Å². The predicted molar refractivity (Wildman–Crippen MR) is 54.3 cm³/mol. The monoisotopic (exact) mass is 210 g/mol. The summed E-state index contributed by atoms with van der Waals surface area (Å²) in [7, 11) is 0. The molecule has 0 saturated carbocycles. The Labute approximate surface area is 86.1 Å². The van der Waals surface area contributed by atoms with Gasteiger partial charge in [-0.25, -0.2) is 0 Å². The van der Waals surface area contributed by atoms with Crippen molar-refractivity contribution in [3.8, 4) is 5.75 Å². The molecule has 1 aromatic carbocycles. The van der Waals surface area contributed by atoms with Crippen LogP contribution < -0.4 is 0 Å². The molecule has 0 bridgehead atoms. The van der Waals surface area contributed by atoms with Crippen LogP contribution in [0, 0.1) is 0 Å². The first kappa shape index (κ1) is 10.8. The highest BCUT2D eigenvalue weighted by atomic mass is 32.2. The lowest BCUT2D eigenvalue weighted by atomic mass is 10.3. The number of benzene rings is 1. The van der Waals surface area contributed by atoms with Gasteiger partial charge in [0.05, 0.1) is 6.42 Å². The van der Waals surface area contributed by atoms with Gasteiger partial charge in [-0.2, -0.15) is 0 Å². The summed E-state index contributed by atoms with van der Waals surface area (Å²) in [5.74, 6) is 0.0228. The average Bonchev–Trinajstić information content (AvgIpc) is 2.07. The highest BCUT2D eigenvalue weighted by Gasteiger charge is 2.07. The molecule has 0 aromatic heterocycles. The van der Waals surface area contributed by atoms with Gasteiger partial charge in [0, 0.05) is 4.90 Å². The van der Waals surface area contributed by atoms with Crippen LogP contribution in [0.1, 0.15) is 13.3 Å². The fraction of sp³-hybridized carbons (Fsp3) is 0.200. The number of Topliss-reactive ketones (excluding diaryl/α,β-unsaturated/α-hetero) is 1. The maximum Gasteiger partial charge on any atom is 0.201 e. The van der Waals surface area contributed by atoms with E-state index in [9.17, 15) is 9.59 Å². The summed E-state index contributed by atoms with van der Waals surface area (Å²) < 4.78 is 0. The third-order valence-electron chi connectivity index (χ3n) is 1.46. The number of rotatable bonds is 3. The highest BCUT2D eigenvalue weighted by Crippen LogP contribution is 2.22. The molecule has 0 aliphatic rings. The lowest BCUT2D eigenvalue weighted by Gasteiger charge is -1.98. The van der Waals surface area contributed by atoms with Crippen molar-refractivity contribution in [2.24, 2.45) is 0 Å². The Hall–Kier alpha value is -1.29. The van der Waals surface area contributed by atoms with Crippen molar-refractivity contribution < 1.29 is 14.7 Å². The van der Waals surface area contributed by atoms with Gasteiger partial charge in [0.15, 0.2) is 0 Å². The average molecular weight is 210 g/mol. The molecule has 0 aliphatic heterocycles. The van der Waals surface area contributed by atoms with Gasteiger partial charge in [-0.1, -0.05) is 11.8 Å². The second-order valence-electron chi connectivity index (χ2n) is 2.85. The SMILES string of the molecule is CC(=O)CC(=O)Sc1ccc(O)cc1. The van der Waals surface area contributed by atoms with Crippen molar-refractivity contribution in [1.82, 2.24) is 0 Å². The minimum absolute atomic E-state index is 0.0501. The number of phenolic OH excluding ortho intramolecular Hbond substituents is 1. The third kappa shape index (κ3) is 3.62. The number of carbonyl (C=O) groups is 2. The summed E-state index contributed by atoms with van der Waals surface area (Å²) in [6.07, 6.45) is -0.0501. The van der Waals surface area contributed by atoms with Crippen LogP contribution in [-0.2, 0) is 9.59 Å². The van der Waals surface area contributed by atoms with Crippen LogP contribution in [0.5, 0.6) is 5.75 Å². The third-order valence-corrected chi connectivity index (χ3v) is 2.34. The molecule has 1 N–H and O–H groups in total. The Kier molecular flexibility index (Phi) is 3.71. The van der Waals surface area contributed by atoms with Crippen molar-refractivity contribution in [3.05, 3.63) is 24.3 Å². The van der Waals surface area contributed by atoms with E-state index < -0.39 is 0 Å². The molecule has 74 valence electrons. The van der Waals surface area contributed by atoms with E-state index in [1.54, 1.807) is 12.1 Å². The summed E-state index contributed by atoms with van der Waals surface area (Å²) in [6.45, 7) is 1.38. The molecule has 0 aliphatic carbocycles. The number of hydrogen-bond acceptors (Lipinski definition) is 4. The van der Waals surface area contributed by atoms with Crippen molar-refractivity contribution in [2.75, 3.05) is 0 Å². The van der Waals surface area contributed by atoms with Crippen LogP contribution in [0.3, 0.4) is 0 Å². The summed E-state index contributed by atoms with van der Waals surface area (Å²) in [4.78, 5) is 22.5. The van der Waals surface area contributed by atoms with Crippen molar-refractivity contribution in [3.63, 3.8) is 0 Å². The van der Waals surface area contributed by atoms with E-state index in [4.69, 9.17) is 5.11 Å². The normalized spacial score (nSPS) is 9.79. The Morgan fingerprint density at radius 1 is 1.29 bits per heavy atom. The lowest BCUT2D eigenvalue weighted by molar-refractivity contribution is -0.121. The minimum Gasteiger partial charge on any atom is -0.508 e. The topological polar surface area (TPSA) is 54.4 Å². The molecule has 0 heterocycles. The molecule has 1 rings (SSSR count). The maximum absolute atomic E-state index is 11.2. The number of aromatic hydroxyl groups is 1. The van der Waals surface area contributed by atoms with Gasteiger partial charge >= 0.3 is 0 Å². The molecule has 0 fully saturated rings. The Balaban J connectivity index is 2.56. The number of carbonyl (C=O) groups excluding carboxylic acids is 2. The van der Waals surface area contributed by atoms with Gasteiger partial charge in [-0.05, 0) is 31.2 Å². The molecule has 3 nitrogen and oxygen atoms in total. The van der Waals surface area contributed by atoms with Crippen molar-refractivity contribution >= 4 is 22.7 Å². The Morgan fingerprint density at radius 2 is 1.86 bits per heavy atom. The van der Waals surface area contributed by atoms with Gasteiger partial charge in [-0.15, -0.1) is 0 Å². The smallest absolute Gasteiger partial charge is 0.201 e. The molecule has 0 radical (unpaired) electrons. The zero-order valence-electron chi connectivity index (χ0n) is 7.69. The van der Waals surface area contributed by atoms with Crippen LogP contribution in [0.2, 0.25) is 0 Å². The molecule has 1 aromatic rings. The van der Waals surface area contributed by atoms with Crippen molar-refractivity contribution in [1.29, 1.82) is 0 Å². The Morgan fingerprint density at radius 3 is 2.36 bits per heavy atom. The van der Waals surface area contributed by atoms with E-state index in [1.807, 2.05) is 0 Å². The first-order chi connectivity index (χ1) is 6.58. The molecule has 0 atom stereocenters. The van der Waals surface area contributed by atoms with E-state index >= 15 is 0 Å². The van der Waals surface area contributed by atoms with E-state index in [0.29, 0.717) is 0 Å². The van der Waals surface area contributed by atoms with E-state index in [0.717, 1.165) is 16.7 Å². The standard InChI is InChI=1S/C10H10O3S/c1-7(11)6-10(13)14-9-4-2-8(12)3-5-9/h2-5,12H,6H2,1H3. The quantitative estimate of drug-likeness (QED) is 0.612. The summed E-state index contributed by atoms with van der Waals surface area (Å²) in [6, 6.07) is 6.28. The van der Waals surface area contributed by atoms with Gasteiger partial charge < -0.3 is 5.11 Å². The number of ketones is 1. The molecular weight excluding hydrogens is 200 g/mol. The first-order valence-corrected chi connectivity index (χ1v) is 4.89. The first-order valence-electron chi connectivity index (χ1n) is 4.07. The molecule has 0 spiro atoms. The lowest BCUT2D eigenvalue weighted by Crippen LogP contribution is -1.99. The Bertz CT molecular complexity index is 343. The summed E-state index contributed by atoms with van der Waals surface area (Å²) in [5, 5.41) is 8.81. The van der Waals surface area contributed by atoms with Gasteiger partial charge in [-0.3, -0.25) is 9.59 Å². The van der Waals surface area contributed by atoms with Crippen molar-refractivity contribution in [2.45, 2.75) is 18.2 Å². The van der Waals surface area contributed by atoms with Gasteiger partial charge in [0.2, 0.25) is 5.12 Å². The molecule has 14 heavy (non-hydrogen) atoms. The van der Waals surface area contributed by atoms with Crippen LogP contribution in [0.25, 0.3) is 0 Å². The molecule has 4 heteroatoms. The zero-order valence-corrected chi connectivity index (χ0v) is 8.50. The highest BCUT2D eigenvalue weighted by molar-refractivity contribution is 8.13. The van der Waals surface area contributed by atoms with Crippen LogP contribution in [-0.4, -0.2) is 16.0 Å². The second kappa shape index (κ2) is 4.81. The molecule has 0 saturated heterocycles. The zero-order chi connectivity index (χ0) is 10.6. The number of phenols is 1. The maximum atomic E-state index is 11.2. The van der Waals surface area contributed by atoms with E-state index in [1.165, 1.54) is 19.1 Å². The second-order valence-corrected chi connectivity index (χ2v) is 3.98. The van der Waals surface area contributed by atoms with E-state index in [2.05, 4.69) is 0 Å². The molecule has 0 amide bonds. The predicted octanol–water partition coefficient (Wildman–Crippen LogP) is 1.99. The molecule has 0 unspecified atom stereocenters.